The number of nitrogens with two attached hydrogens (primary N) is 1. The van der Waals surface area contributed by atoms with Crippen molar-refractivity contribution >= 4 is 11.4 Å². The molecule has 1 atom stereocenters. The molecular formula is C34H49FN2. The highest BCUT2D eigenvalue weighted by Gasteiger charge is 2.28. The molecule has 2 nitrogen and oxygen atoms in total. The molecule has 3 aromatic rings. The second kappa shape index (κ2) is 16.8. The molecule has 0 aromatic heterocycles. The summed E-state index contributed by atoms with van der Waals surface area (Å²) in [4.78, 5) is 2.41. The maximum atomic E-state index is 13.5. The third-order valence-corrected chi connectivity index (χ3v) is 6.66. The van der Waals surface area contributed by atoms with Crippen molar-refractivity contribution in [3.8, 4) is 0 Å². The Morgan fingerprint density at radius 1 is 0.784 bits per heavy atom. The van der Waals surface area contributed by atoms with Gasteiger partial charge in [-0.3, -0.25) is 0 Å². The minimum Gasteiger partial charge on any atom is -0.399 e. The van der Waals surface area contributed by atoms with E-state index in [9.17, 15) is 4.39 Å². The molecular weight excluding hydrogens is 455 g/mol. The van der Waals surface area contributed by atoms with E-state index >= 15 is 0 Å². The van der Waals surface area contributed by atoms with Gasteiger partial charge >= 0.3 is 0 Å². The zero-order valence-corrected chi connectivity index (χ0v) is 23.9. The highest BCUT2D eigenvalue weighted by Crippen LogP contribution is 2.37. The largest absolute Gasteiger partial charge is 0.399 e. The summed E-state index contributed by atoms with van der Waals surface area (Å²) >= 11 is 0. The first kappa shape index (κ1) is 30.4. The molecule has 37 heavy (non-hydrogen) atoms. The number of nitrogen functional groups attached to an aromatic ring is 1. The van der Waals surface area contributed by atoms with Crippen molar-refractivity contribution in [3.05, 3.63) is 94.8 Å². The van der Waals surface area contributed by atoms with E-state index in [2.05, 4.69) is 75.9 Å². The van der Waals surface area contributed by atoms with Crippen LogP contribution in [0, 0.1) is 5.82 Å². The third kappa shape index (κ3) is 9.87. The van der Waals surface area contributed by atoms with Crippen molar-refractivity contribution in [2.45, 2.75) is 98.4 Å². The van der Waals surface area contributed by atoms with E-state index in [-0.39, 0.29) is 11.9 Å². The quantitative estimate of drug-likeness (QED) is 0.309. The molecule has 202 valence electrons. The third-order valence-electron chi connectivity index (χ3n) is 6.66. The SMILES string of the molecule is CCC.CCCCC.CCCCc1ccc(CC2c3ccc(N)cc3CCN2c2ccc(F)cc2)cc1. The molecule has 0 radical (unpaired) electrons. The summed E-state index contributed by atoms with van der Waals surface area (Å²) in [5, 5.41) is 0. The fraction of sp³-hybridized carbons (Fsp3) is 0.471. The van der Waals surface area contributed by atoms with Gasteiger partial charge in [-0.15, -0.1) is 0 Å². The van der Waals surface area contributed by atoms with Crippen LogP contribution in [0.3, 0.4) is 0 Å². The Bertz CT molecular complexity index is 1010. The summed E-state index contributed by atoms with van der Waals surface area (Å²) in [6.07, 6.45) is 10.8. The van der Waals surface area contributed by atoms with E-state index in [4.69, 9.17) is 5.73 Å². The number of anilines is 2. The van der Waals surface area contributed by atoms with Gasteiger partial charge in [-0.05, 0) is 84.3 Å². The average Bonchev–Trinajstić information content (AvgIpc) is 2.90. The molecule has 0 bridgehead atoms. The summed E-state index contributed by atoms with van der Waals surface area (Å²) < 4.78 is 13.5. The molecule has 0 saturated carbocycles. The van der Waals surface area contributed by atoms with E-state index < -0.39 is 0 Å². The monoisotopic (exact) mass is 504 g/mol. The smallest absolute Gasteiger partial charge is 0.123 e. The van der Waals surface area contributed by atoms with Crippen LogP contribution in [0.1, 0.15) is 101 Å². The molecule has 2 N–H and O–H groups in total. The molecule has 1 aliphatic rings. The lowest BCUT2D eigenvalue weighted by Crippen LogP contribution is -2.36. The Morgan fingerprint density at radius 2 is 1.38 bits per heavy atom. The molecule has 0 saturated heterocycles. The van der Waals surface area contributed by atoms with Crippen molar-refractivity contribution in [2.75, 3.05) is 17.2 Å². The van der Waals surface area contributed by atoms with Crippen LogP contribution in [0.4, 0.5) is 15.8 Å². The Kier molecular flexibility index (Phi) is 13.8. The molecule has 4 rings (SSSR count). The zero-order chi connectivity index (χ0) is 27.0. The summed E-state index contributed by atoms with van der Waals surface area (Å²) in [5.41, 5.74) is 13.3. The van der Waals surface area contributed by atoms with E-state index in [0.29, 0.717) is 0 Å². The van der Waals surface area contributed by atoms with Crippen molar-refractivity contribution in [3.63, 3.8) is 0 Å². The van der Waals surface area contributed by atoms with E-state index in [1.54, 1.807) is 12.1 Å². The van der Waals surface area contributed by atoms with Crippen LogP contribution >= 0.6 is 0 Å². The molecule has 0 amide bonds. The summed E-state index contributed by atoms with van der Waals surface area (Å²) in [7, 11) is 0. The van der Waals surface area contributed by atoms with E-state index in [1.165, 1.54) is 60.8 Å². The standard InChI is InChI=1S/C26H29FN2.C5H12.C3H8/c1-2-3-4-19-5-7-20(8-6-19)17-26-25-14-11-23(28)18-21(25)15-16-29(26)24-12-9-22(27)10-13-24;1-3-5-4-2;1-3-2/h5-14,18,26H,2-4,15-17,28H2,1H3;3-5H2,1-2H3;3H2,1-2H3. The number of benzene rings is 3. The molecule has 0 spiro atoms. The minimum absolute atomic E-state index is 0.196. The van der Waals surface area contributed by atoms with Crippen molar-refractivity contribution < 1.29 is 4.39 Å². The zero-order valence-electron chi connectivity index (χ0n) is 23.9. The average molecular weight is 505 g/mol. The molecule has 1 unspecified atom stereocenters. The van der Waals surface area contributed by atoms with Gasteiger partial charge in [0.2, 0.25) is 0 Å². The summed E-state index contributed by atoms with van der Waals surface area (Å²) in [6, 6.07) is 22.4. The van der Waals surface area contributed by atoms with E-state index in [0.717, 1.165) is 37.2 Å². The Balaban J connectivity index is 0.000000530. The van der Waals surface area contributed by atoms with Crippen molar-refractivity contribution in [1.82, 2.24) is 0 Å². The van der Waals surface area contributed by atoms with Crippen molar-refractivity contribution in [1.29, 1.82) is 0 Å². The first-order chi connectivity index (χ1) is 18.0. The maximum absolute atomic E-state index is 13.5. The number of rotatable bonds is 8. The van der Waals surface area contributed by atoms with Crippen LogP contribution in [0.5, 0.6) is 0 Å². The minimum atomic E-state index is -0.196. The maximum Gasteiger partial charge on any atom is 0.123 e. The number of nitrogens with zero attached hydrogens (tertiary/aromatic N) is 1. The normalized spacial score (nSPS) is 14.1. The lowest BCUT2D eigenvalue weighted by molar-refractivity contribution is 0.578. The number of hydrogen-bond donors (Lipinski definition) is 1. The van der Waals surface area contributed by atoms with Crippen molar-refractivity contribution in [2.24, 2.45) is 0 Å². The first-order valence-corrected chi connectivity index (χ1v) is 14.4. The molecule has 3 aromatic carbocycles. The predicted octanol–water partition coefficient (Wildman–Crippen LogP) is 9.71. The van der Waals surface area contributed by atoms with Gasteiger partial charge in [-0.1, -0.05) is 97.1 Å². The van der Waals surface area contributed by atoms with Gasteiger partial charge in [0.1, 0.15) is 5.82 Å². The van der Waals surface area contributed by atoms with E-state index in [1.807, 2.05) is 18.2 Å². The second-order valence-corrected chi connectivity index (χ2v) is 10.1. The van der Waals surface area contributed by atoms with Gasteiger partial charge in [0.15, 0.2) is 0 Å². The number of unbranched alkanes of at least 4 members (excludes halogenated alkanes) is 3. The second-order valence-electron chi connectivity index (χ2n) is 10.1. The lowest BCUT2D eigenvalue weighted by atomic mass is 9.87. The number of hydrogen-bond acceptors (Lipinski definition) is 2. The summed E-state index contributed by atoms with van der Waals surface area (Å²) in [6.45, 7) is 11.8. The van der Waals surface area contributed by atoms with Gasteiger partial charge in [0.25, 0.3) is 0 Å². The number of fused-ring (bicyclic) bond motifs is 1. The molecule has 3 heteroatoms. The number of aryl methyl sites for hydroxylation is 1. The van der Waals surface area contributed by atoms with Gasteiger partial charge in [-0.2, -0.15) is 0 Å². The summed E-state index contributed by atoms with van der Waals surface area (Å²) in [5.74, 6) is -0.196. The van der Waals surface area contributed by atoms with Gasteiger partial charge in [0, 0.05) is 17.9 Å². The van der Waals surface area contributed by atoms with Gasteiger partial charge in [0.05, 0.1) is 6.04 Å². The lowest BCUT2D eigenvalue weighted by Gasteiger charge is -2.39. The van der Waals surface area contributed by atoms with Crippen LogP contribution in [-0.4, -0.2) is 6.54 Å². The Labute approximate surface area is 226 Å². The van der Waals surface area contributed by atoms with Crippen LogP contribution in [0.15, 0.2) is 66.7 Å². The van der Waals surface area contributed by atoms with Crippen LogP contribution in [-0.2, 0) is 19.3 Å². The van der Waals surface area contributed by atoms with Crippen LogP contribution < -0.4 is 10.6 Å². The predicted molar refractivity (Wildman–Crippen MR) is 161 cm³/mol. The molecule has 0 fully saturated rings. The number of halogens is 1. The molecule has 0 aliphatic carbocycles. The van der Waals surface area contributed by atoms with Gasteiger partial charge in [-0.25, -0.2) is 4.39 Å². The molecule has 1 aliphatic heterocycles. The molecule has 1 heterocycles. The fourth-order valence-electron chi connectivity index (χ4n) is 4.69. The Morgan fingerprint density at radius 3 is 1.95 bits per heavy atom. The fourth-order valence-corrected chi connectivity index (χ4v) is 4.69. The Hall–Kier alpha value is -2.81. The highest BCUT2D eigenvalue weighted by molar-refractivity contribution is 5.55. The first-order valence-electron chi connectivity index (χ1n) is 14.4. The highest BCUT2D eigenvalue weighted by atomic mass is 19.1. The van der Waals surface area contributed by atoms with Gasteiger partial charge < -0.3 is 10.6 Å². The topological polar surface area (TPSA) is 29.3 Å². The van der Waals surface area contributed by atoms with Crippen LogP contribution in [0.2, 0.25) is 0 Å². The van der Waals surface area contributed by atoms with Crippen LogP contribution in [0.25, 0.3) is 0 Å².